The molecule has 29 heavy (non-hydrogen) atoms. The zero-order valence-electron chi connectivity index (χ0n) is 16.8. The standard InChI is InChI=1S/C23H26BrN3O2/c1-3-14-27(17(2)18-9-4-6-11-20(18)24)22(28)13-8-15-26-16-25-21-12-7-5-10-19(21)23(26)29/h4-7,9-12,16-17H,3,8,13-15H2,1-2H3. The van der Waals surface area contributed by atoms with Crippen molar-refractivity contribution in [2.45, 2.75) is 45.7 Å². The Morgan fingerprint density at radius 2 is 1.90 bits per heavy atom. The predicted octanol–water partition coefficient (Wildman–Crippen LogP) is 4.94. The summed E-state index contributed by atoms with van der Waals surface area (Å²) in [7, 11) is 0. The van der Waals surface area contributed by atoms with Gasteiger partial charge in [-0.3, -0.25) is 14.2 Å². The number of amides is 1. The van der Waals surface area contributed by atoms with E-state index in [9.17, 15) is 9.59 Å². The van der Waals surface area contributed by atoms with Gasteiger partial charge in [0.2, 0.25) is 5.91 Å². The molecule has 0 saturated heterocycles. The van der Waals surface area contributed by atoms with Gasteiger partial charge in [-0.05, 0) is 43.5 Å². The van der Waals surface area contributed by atoms with Crippen LogP contribution in [0, 0.1) is 0 Å². The van der Waals surface area contributed by atoms with Crippen molar-refractivity contribution in [3.63, 3.8) is 0 Å². The second-order valence-corrected chi connectivity index (χ2v) is 8.00. The number of para-hydroxylation sites is 1. The van der Waals surface area contributed by atoms with Crippen molar-refractivity contribution < 1.29 is 4.79 Å². The number of carbonyl (C=O) groups excluding carboxylic acids is 1. The average Bonchev–Trinajstić information content (AvgIpc) is 2.73. The maximum atomic E-state index is 13.0. The van der Waals surface area contributed by atoms with E-state index < -0.39 is 0 Å². The van der Waals surface area contributed by atoms with Crippen LogP contribution < -0.4 is 5.56 Å². The molecule has 0 spiro atoms. The lowest BCUT2D eigenvalue weighted by atomic mass is 10.1. The molecular formula is C23H26BrN3O2. The summed E-state index contributed by atoms with van der Waals surface area (Å²) < 4.78 is 2.60. The van der Waals surface area contributed by atoms with Crippen LogP contribution in [0.25, 0.3) is 10.9 Å². The Balaban J connectivity index is 1.67. The molecule has 0 saturated carbocycles. The molecule has 0 N–H and O–H groups in total. The Morgan fingerprint density at radius 1 is 1.17 bits per heavy atom. The van der Waals surface area contributed by atoms with Gasteiger partial charge in [-0.15, -0.1) is 0 Å². The van der Waals surface area contributed by atoms with Crippen LogP contribution in [0.15, 0.2) is 64.1 Å². The summed E-state index contributed by atoms with van der Waals surface area (Å²) >= 11 is 3.59. The molecule has 5 nitrogen and oxygen atoms in total. The first-order chi connectivity index (χ1) is 14.0. The molecule has 1 heterocycles. The molecule has 6 heteroatoms. The first kappa shape index (κ1) is 21.2. The highest BCUT2D eigenvalue weighted by molar-refractivity contribution is 9.10. The molecule has 3 aromatic rings. The molecule has 0 aliphatic heterocycles. The van der Waals surface area contributed by atoms with E-state index in [1.165, 1.54) is 0 Å². The highest BCUT2D eigenvalue weighted by Crippen LogP contribution is 2.28. The first-order valence-electron chi connectivity index (χ1n) is 10.0. The van der Waals surface area contributed by atoms with E-state index in [2.05, 4.69) is 34.8 Å². The lowest BCUT2D eigenvalue weighted by molar-refractivity contribution is -0.133. The molecule has 1 unspecified atom stereocenters. The number of aryl methyl sites for hydroxylation is 1. The number of carbonyl (C=O) groups is 1. The smallest absolute Gasteiger partial charge is 0.261 e. The third-order valence-electron chi connectivity index (χ3n) is 5.13. The minimum absolute atomic E-state index is 0.0110. The van der Waals surface area contributed by atoms with E-state index in [1.54, 1.807) is 17.0 Å². The van der Waals surface area contributed by atoms with Crippen LogP contribution in [0.5, 0.6) is 0 Å². The molecule has 2 aromatic carbocycles. The quantitative estimate of drug-likeness (QED) is 0.483. The van der Waals surface area contributed by atoms with Crippen molar-refractivity contribution >= 4 is 32.7 Å². The molecule has 1 amide bonds. The number of benzene rings is 2. The van der Waals surface area contributed by atoms with Crippen molar-refractivity contribution in [1.82, 2.24) is 14.5 Å². The van der Waals surface area contributed by atoms with E-state index in [0.29, 0.717) is 36.8 Å². The molecule has 0 radical (unpaired) electrons. The third kappa shape index (κ3) is 4.93. The van der Waals surface area contributed by atoms with Gasteiger partial charge in [-0.2, -0.15) is 0 Å². The maximum Gasteiger partial charge on any atom is 0.261 e. The lowest BCUT2D eigenvalue weighted by Gasteiger charge is -2.30. The van der Waals surface area contributed by atoms with Crippen molar-refractivity contribution in [3.8, 4) is 0 Å². The second-order valence-electron chi connectivity index (χ2n) is 7.15. The number of rotatable bonds is 8. The molecule has 0 fully saturated rings. The number of hydrogen-bond donors (Lipinski definition) is 0. The van der Waals surface area contributed by atoms with E-state index >= 15 is 0 Å². The van der Waals surface area contributed by atoms with Crippen LogP contribution in [0.3, 0.4) is 0 Å². The van der Waals surface area contributed by atoms with Gasteiger partial charge in [0.25, 0.3) is 5.56 Å². The Labute approximate surface area is 179 Å². The Hall–Kier alpha value is -2.47. The number of nitrogens with zero attached hydrogens (tertiary/aromatic N) is 3. The maximum absolute atomic E-state index is 13.0. The Morgan fingerprint density at radius 3 is 2.66 bits per heavy atom. The highest BCUT2D eigenvalue weighted by atomic mass is 79.9. The lowest BCUT2D eigenvalue weighted by Crippen LogP contribution is -2.34. The Bertz CT molecular complexity index is 1050. The first-order valence-corrected chi connectivity index (χ1v) is 10.8. The zero-order valence-corrected chi connectivity index (χ0v) is 18.4. The Kier molecular flexibility index (Phi) is 7.20. The molecule has 152 valence electrons. The number of aromatic nitrogens is 2. The van der Waals surface area contributed by atoms with Gasteiger partial charge < -0.3 is 4.90 Å². The number of fused-ring (bicyclic) bond motifs is 1. The zero-order chi connectivity index (χ0) is 20.8. The molecule has 3 rings (SSSR count). The van der Waals surface area contributed by atoms with Crippen molar-refractivity contribution in [3.05, 3.63) is 75.2 Å². The fourth-order valence-electron chi connectivity index (χ4n) is 3.57. The third-order valence-corrected chi connectivity index (χ3v) is 5.85. The van der Waals surface area contributed by atoms with Crippen LogP contribution in [0.4, 0.5) is 0 Å². The van der Waals surface area contributed by atoms with Crippen LogP contribution in [-0.2, 0) is 11.3 Å². The number of halogens is 1. The van der Waals surface area contributed by atoms with Gasteiger partial charge in [0.1, 0.15) is 0 Å². The summed E-state index contributed by atoms with van der Waals surface area (Å²) in [5.41, 5.74) is 1.74. The summed E-state index contributed by atoms with van der Waals surface area (Å²) in [5.74, 6) is 0.108. The van der Waals surface area contributed by atoms with E-state index in [-0.39, 0.29) is 17.5 Å². The topological polar surface area (TPSA) is 55.2 Å². The summed E-state index contributed by atoms with van der Waals surface area (Å²) in [6, 6.07) is 15.3. The summed E-state index contributed by atoms with van der Waals surface area (Å²) in [6.45, 7) is 5.32. The van der Waals surface area contributed by atoms with Crippen LogP contribution in [0.1, 0.15) is 44.7 Å². The fourth-order valence-corrected chi connectivity index (χ4v) is 4.18. The monoisotopic (exact) mass is 455 g/mol. The van der Waals surface area contributed by atoms with Crippen molar-refractivity contribution in [2.24, 2.45) is 0 Å². The largest absolute Gasteiger partial charge is 0.336 e. The van der Waals surface area contributed by atoms with Crippen LogP contribution >= 0.6 is 15.9 Å². The van der Waals surface area contributed by atoms with E-state index in [0.717, 1.165) is 16.5 Å². The number of hydrogen-bond acceptors (Lipinski definition) is 3. The minimum Gasteiger partial charge on any atom is -0.336 e. The molecule has 0 bridgehead atoms. The molecule has 0 aliphatic rings. The molecular weight excluding hydrogens is 430 g/mol. The second kappa shape index (κ2) is 9.83. The van der Waals surface area contributed by atoms with E-state index in [1.807, 2.05) is 47.4 Å². The summed E-state index contributed by atoms with van der Waals surface area (Å²) in [5, 5.41) is 0.608. The minimum atomic E-state index is -0.0601. The van der Waals surface area contributed by atoms with E-state index in [4.69, 9.17) is 0 Å². The predicted molar refractivity (Wildman–Crippen MR) is 120 cm³/mol. The average molecular weight is 456 g/mol. The van der Waals surface area contributed by atoms with Crippen molar-refractivity contribution in [1.29, 1.82) is 0 Å². The van der Waals surface area contributed by atoms with Gasteiger partial charge in [-0.1, -0.05) is 53.2 Å². The van der Waals surface area contributed by atoms with Crippen LogP contribution in [0.2, 0.25) is 0 Å². The molecule has 1 atom stereocenters. The molecule has 1 aromatic heterocycles. The SMILES string of the molecule is CCCN(C(=O)CCCn1cnc2ccccc2c1=O)C(C)c1ccccc1Br. The van der Waals surface area contributed by atoms with Gasteiger partial charge in [-0.25, -0.2) is 4.98 Å². The summed E-state index contributed by atoms with van der Waals surface area (Å²) in [6.07, 6.45) is 3.47. The highest BCUT2D eigenvalue weighted by Gasteiger charge is 2.21. The van der Waals surface area contributed by atoms with Gasteiger partial charge >= 0.3 is 0 Å². The van der Waals surface area contributed by atoms with Gasteiger partial charge in [0, 0.05) is 24.0 Å². The molecule has 0 aliphatic carbocycles. The fraction of sp³-hybridized carbons (Fsp3) is 0.348. The van der Waals surface area contributed by atoms with Crippen molar-refractivity contribution in [2.75, 3.05) is 6.54 Å². The van der Waals surface area contributed by atoms with Crippen LogP contribution in [-0.4, -0.2) is 26.9 Å². The van der Waals surface area contributed by atoms with Gasteiger partial charge in [0.05, 0.1) is 23.3 Å². The van der Waals surface area contributed by atoms with Gasteiger partial charge in [0.15, 0.2) is 0 Å². The normalized spacial score (nSPS) is 12.1. The summed E-state index contributed by atoms with van der Waals surface area (Å²) in [4.78, 5) is 31.8.